The third-order valence-corrected chi connectivity index (χ3v) is 12.9. The predicted molar refractivity (Wildman–Crippen MR) is 281 cm³/mol. The van der Waals surface area contributed by atoms with E-state index in [0.29, 0.717) is 83.7 Å². The van der Waals surface area contributed by atoms with Crippen molar-refractivity contribution in [1.29, 1.82) is 5.26 Å². The zero-order valence-electron chi connectivity index (χ0n) is 40.7. The average molecular weight is 997 g/mol. The molecule has 0 radical (unpaired) electrons. The third kappa shape index (κ3) is 9.69. The van der Waals surface area contributed by atoms with Gasteiger partial charge in [-0.3, -0.25) is 4.79 Å². The first-order valence-electron chi connectivity index (χ1n) is 24.0. The lowest BCUT2D eigenvalue weighted by molar-refractivity contribution is 0.0781. The highest BCUT2D eigenvalue weighted by Crippen LogP contribution is 2.43. The molecule has 10 aromatic rings. The smallest absolute Gasteiger partial charge is 0.248 e. The monoisotopic (exact) mass is 996 g/mol. The van der Waals surface area contributed by atoms with E-state index in [-0.39, 0.29) is 12.2 Å². The second-order valence-corrected chi connectivity index (χ2v) is 17.8. The number of carbonyl (C=O) groups excluding carboxylic acids is 1. The van der Waals surface area contributed by atoms with Crippen molar-refractivity contribution < 1.29 is 33.2 Å². The van der Waals surface area contributed by atoms with Crippen molar-refractivity contribution in [1.82, 2.24) is 29.1 Å². The molecule has 1 amide bonds. The van der Waals surface area contributed by atoms with Crippen LogP contribution in [0.4, 0.5) is 11.6 Å². The summed E-state index contributed by atoms with van der Waals surface area (Å²) in [6, 6.07) is 46.9. The Balaban J connectivity index is 0.000000161. The molecule has 4 aromatic heterocycles. The van der Waals surface area contributed by atoms with Crippen molar-refractivity contribution in [2.75, 3.05) is 11.5 Å². The highest BCUT2D eigenvalue weighted by Gasteiger charge is 2.32. The second-order valence-electron chi connectivity index (χ2n) is 17.8. The van der Waals surface area contributed by atoms with E-state index >= 15 is 0 Å². The summed E-state index contributed by atoms with van der Waals surface area (Å²) in [5.41, 5.74) is 29.9. The Morgan fingerprint density at radius 3 is 1.52 bits per heavy atom. The van der Waals surface area contributed by atoms with E-state index in [9.17, 15) is 4.79 Å². The minimum atomic E-state index is -0.470. The van der Waals surface area contributed by atoms with Gasteiger partial charge in [0.2, 0.25) is 5.91 Å². The van der Waals surface area contributed by atoms with E-state index in [1.54, 1.807) is 24.3 Å². The summed E-state index contributed by atoms with van der Waals surface area (Å²) in [5, 5.41) is 9.08. The van der Waals surface area contributed by atoms with Crippen LogP contribution in [0.2, 0.25) is 0 Å². The van der Waals surface area contributed by atoms with Gasteiger partial charge in [0.05, 0.1) is 48.4 Å². The molecule has 372 valence electrons. The van der Waals surface area contributed by atoms with Gasteiger partial charge in [-0.25, -0.2) is 19.9 Å². The standard InChI is InChI=1S/C29H25N5O4.C29H23N5O3/c1-17-25-24(15-36-17)34(27-26(25)32-16-33-28(27)30)20-8-10-21(11-9-20)38-23-7-3-6-22(13-23)37-14-18-4-2-5-19(12-18)29(31)35;1-18-26-25(16-35-18)34(28-27(26)32-17-33-29(28)31)21-8-10-22(11-9-21)37-24-7-3-6-23(13-24)36-15-20-5-2-4-19(12-20)14-30/h2-13,16-17H,14-15H2,1H3,(H2,31,35)(H2,30,32,33);2-13,17-18H,15-16H2,1H3,(H2,31,32,33). The number of primary amides is 1. The van der Waals surface area contributed by atoms with E-state index in [0.717, 1.165) is 67.1 Å². The van der Waals surface area contributed by atoms with Crippen molar-refractivity contribution in [2.45, 2.75) is 52.5 Å². The van der Waals surface area contributed by atoms with Gasteiger partial charge < -0.3 is 54.8 Å². The number of nitrogens with two attached hydrogens (primary N) is 3. The van der Waals surface area contributed by atoms with Crippen LogP contribution in [0.1, 0.15) is 75.6 Å². The summed E-state index contributed by atoms with van der Waals surface area (Å²) in [5.74, 6) is 4.35. The zero-order chi connectivity index (χ0) is 51.6. The first-order valence-corrected chi connectivity index (χ1v) is 24.0. The second kappa shape index (κ2) is 20.4. The van der Waals surface area contributed by atoms with Crippen LogP contribution < -0.4 is 36.1 Å². The molecule has 2 aliphatic heterocycles. The summed E-state index contributed by atoms with van der Waals surface area (Å²) in [6.45, 7) is 5.65. The van der Waals surface area contributed by atoms with Crippen LogP contribution in [0.5, 0.6) is 34.5 Å². The lowest BCUT2D eigenvalue weighted by Gasteiger charge is -2.12. The normalized spacial score (nSPS) is 14.4. The Morgan fingerprint density at radius 2 is 1.04 bits per heavy atom. The molecule has 17 heteroatoms. The maximum Gasteiger partial charge on any atom is 0.248 e. The van der Waals surface area contributed by atoms with E-state index in [1.165, 1.54) is 12.7 Å². The zero-order valence-corrected chi connectivity index (χ0v) is 40.7. The molecule has 17 nitrogen and oxygen atoms in total. The fourth-order valence-electron chi connectivity index (χ4n) is 9.42. The summed E-state index contributed by atoms with van der Waals surface area (Å²) >= 11 is 0. The van der Waals surface area contributed by atoms with Gasteiger partial charge in [-0.2, -0.15) is 5.26 Å². The van der Waals surface area contributed by atoms with Gasteiger partial charge in [0.15, 0.2) is 11.6 Å². The van der Waals surface area contributed by atoms with Crippen molar-refractivity contribution in [3.05, 3.63) is 203 Å². The molecule has 0 aliphatic carbocycles. The minimum Gasteiger partial charge on any atom is -0.489 e. The van der Waals surface area contributed by atoms with Crippen LogP contribution in [0, 0.1) is 11.3 Å². The van der Waals surface area contributed by atoms with Crippen molar-refractivity contribution in [2.24, 2.45) is 5.73 Å². The number of amides is 1. The van der Waals surface area contributed by atoms with Crippen LogP contribution in [0.25, 0.3) is 33.4 Å². The van der Waals surface area contributed by atoms with Crippen LogP contribution in [-0.2, 0) is 35.9 Å². The number of benzene rings is 6. The van der Waals surface area contributed by atoms with Crippen LogP contribution >= 0.6 is 0 Å². The molecule has 12 rings (SSSR count). The molecule has 75 heavy (non-hydrogen) atoms. The third-order valence-electron chi connectivity index (χ3n) is 12.9. The van der Waals surface area contributed by atoms with E-state index < -0.39 is 5.91 Å². The quantitative estimate of drug-likeness (QED) is 0.0974. The molecule has 0 saturated heterocycles. The SMILES string of the molecule is CC1OCc2c1c1ncnc(N)c1n2-c1ccc(Oc2cccc(OCc3cccc(C#N)c3)c2)cc1.CC1OCc2c1c1ncnc(N)c1n2-c1ccc(Oc2cccc(OCc3cccc(C(N)=O)c3)c2)cc1. The molecular formula is C58H48N10O7. The first-order chi connectivity index (χ1) is 36.6. The average Bonchev–Trinajstić information content (AvgIpc) is 4.21. The Kier molecular flexibility index (Phi) is 12.9. The first kappa shape index (κ1) is 47.6. The summed E-state index contributed by atoms with van der Waals surface area (Å²) in [6.07, 6.45) is 2.86. The van der Waals surface area contributed by atoms with Crippen LogP contribution in [0.3, 0.4) is 0 Å². The fraction of sp³-hybridized carbons (Fsp3) is 0.138. The number of hydrogen-bond acceptors (Lipinski definition) is 14. The van der Waals surface area contributed by atoms with Gasteiger partial charge in [-0.15, -0.1) is 0 Å². The van der Waals surface area contributed by atoms with Crippen LogP contribution in [0.15, 0.2) is 158 Å². The molecule has 2 atom stereocenters. The van der Waals surface area contributed by atoms with Gasteiger partial charge in [0.25, 0.3) is 0 Å². The lowest BCUT2D eigenvalue weighted by Crippen LogP contribution is -2.11. The number of nitrogens with zero attached hydrogens (tertiary/aromatic N) is 7. The Hall–Kier alpha value is -9.76. The number of nitrogen functional groups attached to an aromatic ring is 2. The largest absolute Gasteiger partial charge is 0.489 e. The predicted octanol–water partition coefficient (Wildman–Crippen LogP) is 10.9. The van der Waals surface area contributed by atoms with E-state index in [4.69, 9.17) is 50.9 Å². The summed E-state index contributed by atoms with van der Waals surface area (Å²) in [7, 11) is 0. The molecular weight excluding hydrogens is 949 g/mol. The number of ether oxygens (including phenoxy) is 6. The van der Waals surface area contributed by atoms with E-state index in [2.05, 4.69) is 35.1 Å². The maximum absolute atomic E-state index is 11.4. The number of fused-ring (bicyclic) bond motifs is 6. The van der Waals surface area contributed by atoms with Gasteiger partial charge in [-0.1, -0.05) is 36.4 Å². The summed E-state index contributed by atoms with van der Waals surface area (Å²) in [4.78, 5) is 28.8. The Labute approximate surface area is 430 Å². The minimum absolute atomic E-state index is 0.0551. The molecule has 2 unspecified atom stereocenters. The highest BCUT2D eigenvalue weighted by atomic mass is 16.5. The number of carbonyl (C=O) groups is 1. The van der Waals surface area contributed by atoms with Crippen molar-refractivity contribution >= 4 is 39.6 Å². The Morgan fingerprint density at radius 1 is 0.587 bits per heavy atom. The van der Waals surface area contributed by atoms with Crippen molar-refractivity contribution in [3.8, 4) is 51.9 Å². The van der Waals surface area contributed by atoms with Gasteiger partial charge >= 0.3 is 0 Å². The molecule has 0 bridgehead atoms. The molecule has 6 N–H and O–H groups in total. The van der Waals surface area contributed by atoms with Gasteiger partial charge in [0, 0.05) is 40.2 Å². The van der Waals surface area contributed by atoms with Gasteiger partial charge in [-0.05, 0) is 122 Å². The fourth-order valence-corrected chi connectivity index (χ4v) is 9.42. The van der Waals surface area contributed by atoms with Gasteiger partial charge in [0.1, 0.15) is 82.4 Å². The van der Waals surface area contributed by atoms with Crippen molar-refractivity contribution in [3.63, 3.8) is 0 Å². The molecule has 0 spiro atoms. The topological polar surface area (TPSA) is 236 Å². The lowest BCUT2D eigenvalue weighted by atomic mass is 10.1. The van der Waals surface area contributed by atoms with E-state index in [1.807, 2.05) is 135 Å². The molecule has 0 fully saturated rings. The maximum atomic E-state index is 11.4. The molecule has 0 saturated carbocycles. The number of rotatable bonds is 13. The number of anilines is 2. The molecule has 6 aromatic carbocycles. The molecule has 6 heterocycles. The number of aromatic nitrogens is 6. The number of nitriles is 1. The Bertz CT molecular complexity index is 3810. The molecule has 2 aliphatic rings. The number of hydrogen-bond donors (Lipinski definition) is 3. The summed E-state index contributed by atoms with van der Waals surface area (Å²) < 4.78 is 39.9. The highest BCUT2D eigenvalue weighted by molar-refractivity contribution is 5.93. The van der Waals surface area contributed by atoms with Crippen LogP contribution in [-0.4, -0.2) is 35.0 Å².